The van der Waals surface area contributed by atoms with Crippen LogP contribution in [-0.2, 0) is 4.74 Å². The molecule has 1 atom stereocenters. The predicted octanol–water partition coefficient (Wildman–Crippen LogP) is 3.18. The molecule has 1 saturated heterocycles. The van der Waals surface area contributed by atoms with Crippen LogP contribution in [0, 0.1) is 13.8 Å². The summed E-state index contributed by atoms with van der Waals surface area (Å²) in [6.07, 6.45) is -0.224. The molecule has 1 N–H and O–H groups in total. The standard InChI is InChI=1S/C17H26N2O2/c1-12-8-13(2)10-14(9-12)15-11-19(7-6-18-15)16(20)21-17(3,4)5/h8-10,15,18H,6-7,11H2,1-5H3. The topological polar surface area (TPSA) is 41.6 Å². The number of hydrogen-bond acceptors (Lipinski definition) is 3. The molecule has 1 aliphatic heterocycles. The normalized spacial score (nSPS) is 19.5. The molecule has 0 spiro atoms. The third kappa shape index (κ3) is 4.46. The minimum Gasteiger partial charge on any atom is -0.444 e. The molecule has 0 aliphatic carbocycles. The Balaban J connectivity index is 2.08. The molecule has 4 nitrogen and oxygen atoms in total. The van der Waals surface area contributed by atoms with Gasteiger partial charge in [0.15, 0.2) is 0 Å². The van der Waals surface area contributed by atoms with Crippen molar-refractivity contribution in [2.75, 3.05) is 19.6 Å². The first-order valence-electron chi connectivity index (χ1n) is 7.54. The van der Waals surface area contributed by atoms with Crippen LogP contribution in [0.4, 0.5) is 4.79 Å². The summed E-state index contributed by atoms with van der Waals surface area (Å²) >= 11 is 0. The molecular weight excluding hydrogens is 264 g/mol. The Hall–Kier alpha value is -1.55. The fourth-order valence-corrected chi connectivity index (χ4v) is 2.68. The van der Waals surface area contributed by atoms with E-state index in [4.69, 9.17) is 4.74 Å². The van der Waals surface area contributed by atoms with Gasteiger partial charge in [0, 0.05) is 19.6 Å². The van der Waals surface area contributed by atoms with E-state index < -0.39 is 5.60 Å². The molecule has 1 amide bonds. The van der Waals surface area contributed by atoms with Gasteiger partial charge in [-0.05, 0) is 40.2 Å². The first-order chi connectivity index (χ1) is 9.74. The minimum atomic E-state index is -0.447. The van der Waals surface area contributed by atoms with Crippen molar-refractivity contribution >= 4 is 6.09 Å². The summed E-state index contributed by atoms with van der Waals surface area (Å²) in [5.41, 5.74) is 3.29. The van der Waals surface area contributed by atoms with Crippen LogP contribution in [0.3, 0.4) is 0 Å². The highest BCUT2D eigenvalue weighted by atomic mass is 16.6. The smallest absolute Gasteiger partial charge is 0.410 e. The average molecular weight is 290 g/mol. The Bertz CT molecular complexity index is 500. The molecule has 1 aliphatic rings. The maximum atomic E-state index is 12.2. The van der Waals surface area contributed by atoms with Gasteiger partial charge in [-0.2, -0.15) is 0 Å². The van der Waals surface area contributed by atoms with Gasteiger partial charge in [-0.25, -0.2) is 4.79 Å². The van der Waals surface area contributed by atoms with E-state index in [1.165, 1.54) is 16.7 Å². The van der Waals surface area contributed by atoms with Crippen molar-refractivity contribution in [1.82, 2.24) is 10.2 Å². The SMILES string of the molecule is Cc1cc(C)cc(C2CN(C(=O)OC(C)(C)C)CCN2)c1. The van der Waals surface area contributed by atoms with Gasteiger partial charge in [-0.3, -0.25) is 0 Å². The zero-order valence-electron chi connectivity index (χ0n) is 13.7. The Kier molecular flexibility index (Phi) is 4.57. The summed E-state index contributed by atoms with van der Waals surface area (Å²) in [6.45, 7) is 12.0. The van der Waals surface area contributed by atoms with Crippen LogP contribution < -0.4 is 5.32 Å². The Labute approximate surface area is 127 Å². The van der Waals surface area contributed by atoms with Gasteiger partial charge in [0.1, 0.15) is 5.60 Å². The van der Waals surface area contributed by atoms with Crippen LogP contribution in [0.15, 0.2) is 18.2 Å². The largest absolute Gasteiger partial charge is 0.444 e. The van der Waals surface area contributed by atoms with Crippen LogP contribution in [0.25, 0.3) is 0 Å². The Morgan fingerprint density at radius 2 is 1.86 bits per heavy atom. The third-order valence-electron chi connectivity index (χ3n) is 3.47. The van der Waals surface area contributed by atoms with Gasteiger partial charge < -0.3 is 15.0 Å². The van der Waals surface area contributed by atoms with Crippen LogP contribution in [-0.4, -0.2) is 36.2 Å². The highest BCUT2D eigenvalue weighted by Gasteiger charge is 2.28. The molecule has 4 heteroatoms. The van der Waals surface area contributed by atoms with E-state index in [1.807, 2.05) is 20.8 Å². The number of rotatable bonds is 1. The number of nitrogens with zero attached hydrogens (tertiary/aromatic N) is 1. The molecule has 0 saturated carbocycles. The molecule has 0 bridgehead atoms. The molecule has 21 heavy (non-hydrogen) atoms. The van der Waals surface area contributed by atoms with Crippen LogP contribution in [0.1, 0.15) is 43.5 Å². The van der Waals surface area contributed by atoms with E-state index in [0.717, 1.165) is 6.54 Å². The highest BCUT2D eigenvalue weighted by molar-refractivity contribution is 5.68. The van der Waals surface area contributed by atoms with Crippen molar-refractivity contribution in [2.24, 2.45) is 0 Å². The second kappa shape index (κ2) is 6.06. The maximum absolute atomic E-state index is 12.2. The maximum Gasteiger partial charge on any atom is 0.410 e. The average Bonchev–Trinajstić information content (AvgIpc) is 2.36. The van der Waals surface area contributed by atoms with E-state index in [9.17, 15) is 4.79 Å². The lowest BCUT2D eigenvalue weighted by atomic mass is 10.00. The minimum absolute atomic E-state index is 0.171. The quantitative estimate of drug-likeness (QED) is 0.863. The lowest BCUT2D eigenvalue weighted by Crippen LogP contribution is -2.49. The van der Waals surface area contributed by atoms with Crippen molar-refractivity contribution in [3.8, 4) is 0 Å². The zero-order valence-corrected chi connectivity index (χ0v) is 13.7. The lowest BCUT2D eigenvalue weighted by molar-refractivity contribution is 0.0195. The first-order valence-corrected chi connectivity index (χ1v) is 7.54. The number of carbonyl (C=O) groups excluding carboxylic acids is 1. The van der Waals surface area contributed by atoms with Crippen molar-refractivity contribution in [2.45, 2.75) is 46.3 Å². The van der Waals surface area contributed by atoms with Crippen molar-refractivity contribution in [1.29, 1.82) is 0 Å². The van der Waals surface area contributed by atoms with Gasteiger partial charge >= 0.3 is 6.09 Å². The number of aryl methyl sites for hydroxylation is 2. The first kappa shape index (κ1) is 15.8. The number of nitrogens with one attached hydrogen (secondary N) is 1. The van der Waals surface area contributed by atoms with E-state index >= 15 is 0 Å². The van der Waals surface area contributed by atoms with Crippen molar-refractivity contribution < 1.29 is 9.53 Å². The number of piperazine rings is 1. The van der Waals surface area contributed by atoms with Gasteiger partial charge in [-0.15, -0.1) is 0 Å². The number of amides is 1. The number of ether oxygens (including phenoxy) is 1. The summed E-state index contributed by atoms with van der Waals surface area (Å²) in [4.78, 5) is 14.0. The summed E-state index contributed by atoms with van der Waals surface area (Å²) < 4.78 is 5.47. The third-order valence-corrected chi connectivity index (χ3v) is 3.47. The van der Waals surface area contributed by atoms with Gasteiger partial charge in [0.05, 0.1) is 6.04 Å². The van der Waals surface area contributed by atoms with Crippen molar-refractivity contribution in [3.63, 3.8) is 0 Å². The number of carbonyl (C=O) groups is 1. The van der Waals surface area contributed by atoms with Gasteiger partial charge in [0.25, 0.3) is 0 Å². The van der Waals surface area contributed by atoms with Crippen LogP contribution in [0.5, 0.6) is 0 Å². The summed E-state index contributed by atoms with van der Waals surface area (Å²) in [6, 6.07) is 6.70. The number of benzene rings is 1. The zero-order chi connectivity index (χ0) is 15.6. The van der Waals surface area contributed by atoms with E-state index in [1.54, 1.807) is 4.90 Å². The van der Waals surface area contributed by atoms with Crippen molar-refractivity contribution in [3.05, 3.63) is 34.9 Å². The molecule has 0 radical (unpaired) electrons. The Morgan fingerprint density at radius 1 is 1.24 bits per heavy atom. The Morgan fingerprint density at radius 3 is 2.43 bits per heavy atom. The molecule has 0 aromatic heterocycles. The van der Waals surface area contributed by atoms with Crippen LogP contribution in [0.2, 0.25) is 0 Å². The molecule has 1 aromatic carbocycles. The lowest BCUT2D eigenvalue weighted by Gasteiger charge is -2.35. The van der Waals surface area contributed by atoms with Crippen LogP contribution >= 0.6 is 0 Å². The second-order valence-electron chi connectivity index (χ2n) is 6.85. The van der Waals surface area contributed by atoms with E-state index in [2.05, 4.69) is 37.4 Å². The molecule has 116 valence electrons. The molecular formula is C17H26N2O2. The monoisotopic (exact) mass is 290 g/mol. The van der Waals surface area contributed by atoms with Gasteiger partial charge in [-0.1, -0.05) is 29.3 Å². The summed E-state index contributed by atoms with van der Waals surface area (Å²) in [7, 11) is 0. The molecule has 1 aromatic rings. The second-order valence-corrected chi connectivity index (χ2v) is 6.85. The van der Waals surface area contributed by atoms with Gasteiger partial charge in [0.2, 0.25) is 0 Å². The number of hydrogen-bond donors (Lipinski definition) is 1. The highest BCUT2D eigenvalue weighted by Crippen LogP contribution is 2.21. The molecule has 1 unspecified atom stereocenters. The van der Waals surface area contributed by atoms with E-state index in [-0.39, 0.29) is 12.1 Å². The molecule has 1 fully saturated rings. The fourth-order valence-electron chi connectivity index (χ4n) is 2.68. The predicted molar refractivity (Wildman–Crippen MR) is 84.5 cm³/mol. The fraction of sp³-hybridized carbons (Fsp3) is 0.588. The molecule has 1 heterocycles. The van der Waals surface area contributed by atoms with E-state index in [0.29, 0.717) is 13.1 Å². The summed E-state index contributed by atoms with van der Waals surface area (Å²) in [5, 5.41) is 3.49. The molecule has 2 rings (SSSR count). The summed E-state index contributed by atoms with van der Waals surface area (Å²) in [5.74, 6) is 0.